The van der Waals surface area contributed by atoms with Gasteiger partial charge in [-0.2, -0.15) is 0 Å². The molecule has 1 aromatic rings. The van der Waals surface area contributed by atoms with Crippen LogP contribution in [-0.4, -0.2) is 67.4 Å². The Hall–Kier alpha value is -1.70. The van der Waals surface area contributed by atoms with Crippen molar-refractivity contribution in [3.63, 3.8) is 0 Å². The largest absolute Gasteiger partial charge is 0.343 e. The number of anilines is 1. The highest BCUT2D eigenvalue weighted by Gasteiger charge is 2.42. The van der Waals surface area contributed by atoms with Crippen molar-refractivity contribution in [3.05, 3.63) is 18.5 Å². The van der Waals surface area contributed by atoms with Crippen LogP contribution in [0.4, 0.5) is 5.95 Å². The minimum Gasteiger partial charge on any atom is -0.343 e. The maximum Gasteiger partial charge on any atom is 0.225 e. The predicted molar refractivity (Wildman–Crippen MR) is 91.4 cm³/mol. The van der Waals surface area contributed by atoms with Gasteiger partial charge in [0.1, 0.15) is 9.84 Å². The normalized spacial score (nSPS) is 20.5. The summed E-state index contributed by atoms with van der Waals surface area (Å²) in [5.74, 6) is 0.671. The predicted octanol–water partition coefficient (Wildman–Crippen LogP) is 0.730. The van der Waals surface area contributed by atoms with Crippen LogP contribution in [0.2, 0.25) is 0 Å². The molecule has 7 nitrogen and oxygen atoms in total. The number of carbonyl (C=O) groups excluding carboxylic acids is 1. The van der Waals surface area contributed by atoms with Gasteiger partial charge in [-0.1, -0.05) is 0 Å². The van der Waals surface area contributed by atoms with Crippen LogP contribution in [0.15, 0.2) is 18.5 Å². The minimum atomic E-state index is -3.09. The van der Waals surface area contributed by atoms with E-state index in [-0.39, 0.29) is 23.5 Å². The van der Waals surface area contributed by atoms with Crippen molar-refractivity contribution in [2.24, 2.45) is 5.41 Å². The Bertz CT molecular complexity index is 685. The first-order chi connectivity index (χ1) is 11.4. The average Bonchev–Trinajstić information content (AvgIpc) is 2.97. The molecule has 3 heterocycles. The van der Waals surface area contributed by atoms with E-state index in [9.17, 15) is 13.2 Å². The SMILES string of the molecule is CS(=O)(=O)CCC(=O)N1CCC2(CC1)CCN(c1ncccn1)C2. The Balaban J connectivity index is 1.53. The van der Waals surface area contributed by atoms with Gasteiger partial charge in [-0.25, -0.2) is 18.4 Å². The van der Waals surface area contributed by atoms with E-state index in [4.69, 9.17) is 0 Å². The van der Waals surface area contributed by atoms with Gasteiger partial charge in [-0.15, -0.1) is 0 Å². The summed E-state index contributed by atoms with van der Waals surface area (Å²) >= 11 is 0. The minimum absolute atomic E-state index is 0.0449. The number of piperidine rings is 1. The Kier molecular flexibility index (Phi) is 4.76. The van der Waals surface area contributed by atoms with E-state index in [1.54, 1.807) is 12.4 Å². The molecule has 3 rings (SSSR count). The van der Waals surface area contributed by atoms with Crippen LogP contribution >= 0.6 is 0 Å². The molecule has 2 fully saturated rings. The topological polar surface area (TPSA) is 83.5 Å². The summed E-state index contributed by atoms with van der Waals surface area (Å²) in [7, 11) is -3.09. The zero-order valence-electron chi connectivity index (χ0n) is 14.0. The first-order valence-electron chi connectivity index (χ1n) is 8.34. The molecule has 2 aliphatic rings. The number of hydrogen-bond donors (Lipinski definition) is 0. The highest BCUT2D eigenvalue weighted by atomic mass is 32.2. The molecule has 0 radical (unpaired) electrons. The fraction of sp³-hybridized carbons (Fsp3) is 0.688. The third kappa shape index (κ3) is 4.03. The van der Waals surface area contributed by atoms with Crippen molar-refractivity contribution in [2.45, 2.75) is 25.7 Å². The molecule has 0 saturated carbocycles. The van der Waals surface area contributed by atoms with Crippen molar-refractivity contribution in [1.82, 2.24) is 14.9 Å². The number of nitrogens with zero attached hydrogens (tertiary/aromatic N) is 4. The maximum absolute atomic E-state index is 12.2. The standard InChI is InChI=1S/C16H24N4O3S/c1-24(22,23)12-3-14(21)19-9-4-16(5-10-19)6-11-20(13-16)15-17-7-2-8-18-15/h2,7-8H,3-6,9-13H2,1H3. The van der Waals surface area contributed by atoms with E-state index in [0.717, 1.165) is 38.3 Å². The Morgan fingerprint density at radius 2 is 1.79 bits per heavy atom. The molecule has 24 heavy (non-hydrogen) atoms. The lowest BCUT2D eigenvalue weighted by Crippen LogP contribution is -2.44. The lowest BCUT2D eigenvalue weighted by molar-refractivity contribution is -0.132. The van der Waals surface area contributed by atoms with Crippen LogP contribution in [0.1, 0.15) is 25.7 Å². The first kappa shape index (κ1) is 17.1. The summed E-state index contributed by atoms with van der Waals surface area (Å²) in [5.41, 5.74) is 0.229. The van der Waals surface area contributed by atoms with Crippen LogP contribution in [-0.2, 0) is 14.6 Å². The van der Waals surface area contributed by atoms with E-state index >= 15 is 0 Å². The summed E-state index contributed by atoms with van der Waals surface area (Å²) in [6.07, 6.45) is 7.80. The van der Waals surface area contributed by atoms with Crippen LogP contribution < -0.4 is 4.90 Å². The molecule has 2 saturated heterocycles. The van der Waals surface area contributed by atoms with Gasteiger partial charge in [0.05, 0.1) is 5.75 Å². The molecule has 132 valence electrons. The second kappa shape index (κ2) is 6.66. The van der Waals surface area contributed by atoms with Crippen LogP contribution in [0.3, 0.4) is 0 Å². The molecule has 0 aliphatic carbocycles. The van der Waals surface area contributed by atoms with Gasteiger partial charge in [0.25, 0.3) is 0 Å². The number of hydrogen-bond acceptors (Lipinski definition) is 6. The number of aromatic nitrogens is 2. The summed E-state index contributed by atoms with van der Waals surface area (Å²) < 4.78 is 22.4. The molecule has 1 aromatic heterocycles. The van der Waals surface area contributed by atoms with Crippen LogP contribution in [0.5, 0.6) is 0 Å². The Morgan fingerprint density at radius 3 is 2.42 bits per heavy atom. The van der Waals surface area contributed by atoms with Crippen LogP contribution in [0.25, 0.3) is 0 Å². The Labute approximate surface area is 143 Å². The number of likely N-dealkylation sites (tertiary alicyclic amines) is 1. The molecule has 1 amide bonds. The van der Waals surface area contributed by atoms with E-state index in [1.807, 2.05) is 11.0 Å². The molecular weight excluding hydrogens is 328 g/mol. The summed E-state index contributed by atoms with van der Waals surface area (Å²) in [4.78, 5) is 24.9. The maximum atomic E-state index is 12.2. The fourth-order valence-corrected chi connectivity index (χ4v) is 4.18. The molecule has 0 unspecified atom stereocenters. The zero-order valence-corrected chi connectivity index (χ0v) is 14.8. The average molecular weight is 352 g/mol. The monoisotopic (exact) mass is 352 g/mol. The van der Waals surface area contributed by atoms with Gasteiger partial charge < -0.3 is 9.80 Å². The van der Waals surface area contributed by atoms with E-state index in [1.165, 1.54) is 6.26 Å². The molecule has 8 heteroatoms. The fourth-order valence-electron chi connectivity index (χ4n) is 3.63. The van der Waals surface area contributed by atoms with E-state index in [0.29, 0.717) is 13.1 Å². The van der Waals surface area contributed by atoms with Gasteiger partial charge >= 0.3 is 0 Å². The molecule has 0 bridgehead atoms. The van der Waals surface area contributed by atoms with Gasteiger partial charge in [-0.3, -0.25) is 4.79 Å². The third-order valence-corrected chi connectivity index (χ3v) is 6.08. The van der Waals surface area contributed by atoms with Crippen molar-refractivity contribution < 1.29 is 13.2 Å². The molecule has 1 spiro atoms. The van der Waals surface area contributed by atoms with Crippen molar-refractivity contribution in [3.8, 4) is 0 Å². The number of sulfone groups is 1. The first-order valence-corrected chi connectivity index (χ1v) is 10.4. The summed E-state index contributed by atoms with van der Waals surface area (Å²) in [6.45, 7) is 3.31. The molecular formula is C16H24N4O3S. The van der Waals surface area contributed by atoms with Crippen molar-refractivity contribution in [1.29, 1.82) is 0 Å². The molecule has 0 N–H and O–H groups in total. The number of amides is 1. The number of rotatable bonds is 4. The molecule has 2 aliphatic heterocycles. The second-order valence-electron chi connectivity index (χ2n) is 6.98. The van der Waals surface area contributed by atoms with Crippen LogP contribution in [0, 0.1) is 5.41 Å². The number of carbonyl (C=O) groups is 1. The molecule has 0 aromatic carbocycles. The van der Waals surface area contributed by atoms with E-state index < -0.39 is 9.84 Å². The highest BCUT2D eigenvalue weighted by molar-refractivity contribution is 7.90. The summed E-state index contributed by atoms with van der Waals surface area (Å²) in [6, 6.07) is 1.82. The van der Waals surface area contributed by atoms with Gasteiger partial charge in [0.15, 0.2) is 0 Å². The Morgan fingerprint density at radius 1 is 1.17 bits per heavy atom. The highest BCUT2D eigenvalue weighted by Crippen LogP contribution is 2.41. The van der Waals surface area contributed by atoms with Gasteiger partial charge in [0.2, 0.25) is 11.9 Å². The van der Waals surface area contributed by atoms with Gasteiger partial charge in [-0.05, 0) is 30.7 Å². The quantitative estimate of drug-likeness (QED) is 0.794. The lowest BCUT2D eigenvalue weighted by Gasteiger charge is -2.39. The second-order valence-corrected chi connectivity index (χ2v) is 9.24. The molecule has 0 atom stereocenters. The van der Waals surface area contributed by atoms with Crippen molar-refractivity contribution in [2.75, 3.05) is 43.1 Å². The van der Waals surface area contributed by atoms with E-state index in [2.05, 4.69) is 14.9 Å². The zero-order chi connectivity index (χ0) is 17.2. The van der Waals surface area contributed by atoms with Gasteiger partial charge in [0, 0.05) is 51.2 Å². The lowest BCUT2D eigenvalue weighted by atomic mass is 9.78. The third-order valence-electron chi connectivity index (χ3n) is 5.14. The summed E-state index contributed by atoms with van der Waals surface area (Å²) in [5, 5.41) is 0. The van der Waals surface area contributed by atoms with Crippen molar-refractivity contribution >= 4 is 21.7 Å². The smallest absolute Gasteiger partial charge is 0.225 e.